The molecule has 0 radical (unpaired) electrons. The Morgan fingerprint density at radius 2 is 2.32 bits per heavy atom. The smallest absolute Gasteiger partial charge is 0.0702 e. The summed E-state index contributed by atoms with van der Waals surface area (Å²) in [5, 5.41) is 1.23. The lowest BCUT2D eigenvalue weighted by Crippen LogP contribution is -2.21. The third-order valence-electron chi connectivity index (χ3n) is 3.85. The minimum Gasteiger partial charge on any atom is -0.384 e. The summed E-state index contributed by atoms with van der Waals surface area (Å²) in [6.45, 7) is 4.25. The number of fused-ring (bicyclic) bond motifs is 1. The van der Waals surface area contributed by atoms with Crippen LogP contribution in [0.1, 0.15) is 12.0 Å². The van der Waals surface area contributed by atoms with Crippen LogP contribution in [0.2, 0.25) is 0 Å². The van der Waals surface area contributed by atoms with Crippen LogP contribution in [0.4, 0.5) is 0 Å². The molecule has 1 aromatic carbocycles. The van der Waals surface area contributed by atoms with E-state index in [1.807, 2.05) is 12.3 Å². The molecule has 3 rings (SSSR count). The Morgan fingerprint density at radius 1 is 1.37 bits per heavy atom. The molecule has 0 unspecified atom stereocenters. The maximum atomic E-state index is 5.25. The first-order valence-electron chi connectivity index (χ1n) is 6.90. The highest BCUT2D eigenvalue weighted by molar-refractivity contribution is 5.78. The largest absolute Gasteiger partial charge is 0.384 e. The molecule has 1 fully saturated rings. The van der Waals surface area contributed by atoms with E-state index in [1.54, 1.807) is 7.11 Å². The maximum Gasteiger partial charge on any atom is 0.0702 e. The lowest BCUT2D eigenvalue weighted by atomic mass is 10.1. The van der Waals surface area contributed by atoms with E-state index in [-0.39, 0.29) is 0 Å². The van der Waals surface area contributed by atoms with Gasteiger partial charge in [0.2, 0.25) is 0 Å². The zero-order valence-electron chi connectivity index (χ0n) is 11.4. The third-order valence-corrected chi connectivity index (χ3v) is 3.85. The molecule has 2 aromatic rings. The Balaban J connectivity index is 1.68. The van der Waals surface area contributed by atoms with Gasteiger partial charge in [-0.2, -0.15) is 0 Å². The van der Waals surface area contributed by atoms with Crippen molar-refractivity contribution in [3.05, 3.63) is 42.1 Å². The molecule has 0 spiro atoms. The highest BCUT2D eigenvalue weighted by Gasteiger charge is 2.22. The molecule has 0 saturated carbocycles. The van der Waals surface area contributed by atoms with Crippen LogP contribution in [0.3, 0.4) is 0 Å². The number of likely N-dealkylation sites (tertiary alicyclic amines) is 1. The fraction of sp³-hybridized carbons (Fsp3) is 0.438. The SMILES string of the molecule is COC[C@@H]1CCN(Cc2ccc3ncccc3c2)C1. The van der Waals surface area contributed by atoms with E-state index in [9.17, 15) is 0 Å². The van der Waals surface area contributed by atoms with Crippen LogP contribution < -0.4 is 0 Å². The molecule has 100 valence electrons. The lowest BCUT2D eigenvalue weighted by Gasteiger charge is -2.16. The van der Waals surface area contributed by atoms with Crippen molar-refractivity contribution in [1.29, 1.82) is 0 Å². The van der Waals surface area contributed by atoms with Crippen LogP contribution in [0, 0.1) is 5.92 Å². The van der Waals surface area contributed by atoms with E-state index in [4.69, 9.17) is 4.74 Å². The Hall–Kier alpha value is -1.45. The second kappa shape index (κ2) is 5.68. The number of hydrogen-bond acceptors (Lipinski definition) is 3. The van der Waals surface area contributed by atoms with Crippen LogP contribution in [0.15, 0.2) is 36.5 Å². The highest BCUT2D eigenvalue weighted by Crippen LogP contribution is 2.20. The van der Waals surface area contributed by atoms with Gasteiger partial charge in [-0.3, -0.25) is 9.88 Å². The van der Waals surface area contributed by atoms with Gasteiger partial charge in [0, 0.05) is 31.8 Å². The van der Waals surface area contributed by atoms with E-state index in [1.165, 1.54) is 23.9 Å². The zero-order chi connectivity index (χ0) is 13.1. The van der Waals surface area contributed by atoms with Crippen molar-refractivity contribution in [2.24, 2.45) is 5.92 Å². The van der Waals surface area contributed by atoms with Crippen LogP contribution in [-0.2, 0) is 11.3 Å². The minimum absolute atomic E-state index is 0.701. The monoisotopic (exact) mass is 256 g/mol. The third kappa shape index (κ3) is 2.94. The molecule has 0 N–H and O–H groups in total. The fourth-order valence-corrected chi connectivity index (χ4v) is 2.91. The average molecular weight is 256 g/mol. The van der Waals surface area contributed by atoms with Crippen LogP contribution in [0.5, 0.6) is 0 Å². The van der Waals surface area contributed by atoms with Crippen molar-refractivity contribution < 1.29 is 4.74 Å². The first kappa shape index (κ1) is 12.6. The lowest BCUT2D eigenvalue weighted by molar-refractivity contribution is 0.152. The van der Waals surface area contributed by atoms with Gasteiger partial charge in [0.1, 0.15) is 0 Å². The maximum absolute atomic E-state index is 5.25. The number of hydrogen-bond donors (Lipinski definition) is 0. The summed E-state index contributed by atoms with van der Waals surface area (Å²) in [5.41, 5.74) is 2.45. The highest BCUT2D eigenvalue weighted by atomic mass is 16.5. The van der Waals surface area contributed by atoms with Gasteiger partial charge < -0.3 is 4.74 Å². The van der Waals surface area contributed by atoms with Gasteiger partial charge in [-0.25, -0.2) is 0 Å². The van der Waals surface area contributed by atoms with Gasteiger partial charge in [0.15, 0.2) is 0 Å². The second-order valence-corrected chi connectivity index (χ2v) is 5.38. The number of aromatic nitrogens is 1. The predicted octanol–water partition coefficient (Wildman–Crippen LogP) is 2.70. The summed E-state index contributed by atoms with van der Waals surface area (Å²) in [6.07, 6.45) is 3.10. The van der Waals surface area contributed by atoms with Crippen molar-refractivity contribution >= 4 is 10.9 Å². The molecule has 1 aliphatic rings. The first-order chi connectivity index (χ1) is 9.35. The molecule has 3 heteroatoms. The van der Waals surface area contributed by atoms with Crippen molar-refractivity contribution in [3.8, 4) is 0 Å². The van der Waals surface area contributed by atoms with Gasteiger partial charge in [-0.05, 0) is 42.6 Å². The Labute approximate surface area is 114 Å². The van der Waals surface area contributed by atoms with Crippen LogP contribution in [-0.4, -0.2) is 36.7 Å². The normalized spacial score (nSPS) is 20.2. The molecule has 1 atom stereocenters. The van der Waals surface area contributed by atoms with Crippen molar-refractivity contribution in [3.63, 3.8) is 0 Å². The number of pyridine rings is 1. The van der Waals surface area contributed by atoms with E-state index in [2.05, 4.69) is 34.1 Å². The van der Waals surface area contributed by atoms with Crippen molar-refractivity contribution in [2.75, 3.05) is 26.8 Å². The molecule has 3 nitrogen and oxygen atoms in total. The summed E-state index contributed by atoms with van der Waals surface area (Å²) in [4.78, 5) is 6.88. The molecule has 0 aliphatic carbocycles. The summed E-state index contributed by atoms with van der Waals surface area (Å²) >= 11 is 0. The average Bonchev–Trinajstić information content (AvgIpc) is 2.86. The fourth-order valence-electron chi connectivity index (χ4n) is 2.91. The van der Waals surface area contributed by atoms with E-state index < -0.39 is 0 Å². The van der Waals surface area contributed by atoms with E-state index >= 15 is 0 Å². The van der Waals surface area contributed by atoms with E-state index in [0.717, 1.165) is 25.2 Å². The summed E-state index contributed by atoms with van der Waals surface area (Å²) in [6, 6.07) is 10.7. The first-order valence-corrected chi connectivity index (χ1v) is 6.90. The predicted molar refractivity (Wildman–Crippen MR) is 77.0 cm³/mol. The summed E-state index contributed by atoms with van der Waals surface area (Å²) in [5.74, 6) is 0.701. The second-order valence-electron chi connectivity index (χ2n) is 5.38. The summed E-state index contributed by atoms with van der Waals surface area (Å²) in [7, 11) is 1.79. The zero-order valence-corrected chi connectivity index (χ0v) is 11.4. The topological polar surface area (TPSA) is 25.4 Å². The Morgan fingerprint density at radius 3 is 3.21 bits per heavy atom. The number of ether oxygens (including phenoxy) is 1. The van der Waals surface area contributed by atoms with Gasteiger partial charge >= 0.3 is 0 Å². The molecular formula is C16H20N2O. The van der Waals surface area contributed by atoms with Gasteiger partial charge in [0.05, 0.1) is 12.1 Å². The number of rotatable bonds is 4. The minimum atomic E-state index is 0.701. The number of nitrogens with zero attached hydrogens (tertiary/aromatic N) is 2. The Bertz CT molecular complexity index is 555. The van der Waals surface area contributed by atoms with E-state index in [0.29, 0.717) is 5.92 Å². The Kier molecular flexibility index (Phi) is 3.76. The van der Waals surface area contributed by atoms with Crippen molar-refractivity contribution in [2.45, 2.75) is 13.0 Å². The standard InChI is InChI=1S/C16H20N2O/c1-19-12-14-6-8-18(11-14)10-13-4-5-16-15(9-13)3-2-7-17-16/h2-5,7,9,14H,6,8,10-12H2,1H3/t14-/m1/s1. The van der Waals surface area contributed by atoms with Gasteiger partial charge in [0.25, 0.3) is 0 Å². The molecule has 1 saturated heterocycles. The van der Waals surface area contributed by atoms with Gasteiger partial charge in [-0.1, -0.05) is 12.1 Å². The molecule has 0 bridgehead atoms. The number of methoxy groups -OCH3 is 1. The summed E-state index contributed by atoms with van der Waals surface area (Å²) < 4.78 is 5.25. The van der Waals surface area contributed by atoms with Crippen LogP contribution in [0.25, 0.3) is 10.9 Å². The number of benzene rings is 1. The molecule has 0 amide bonds. The molecule has 1 aliphatic heterocycles. The molecule has 1 aromatic heterocycles. The van der Waals surface area contributed by atoms with Crippen LogP contribution >= 0.6 is 0 Å². The quantitative estimate of drug-likeness (QED) is 0.841. The van der Waals surface area contributed by atoms with Gasteiger partial charge in [-0.15, -0.1) is 0 Å². The molecule has 19 heavy (non-hydrogen) atoms. The molecule has 2 heterocycles. The van der Waals surface area contributed by atoms with Crippen molar-refractivity contribution in [1.82, 2.24) is 9.88 Å². The molecular weight excluding hydrogens is 236 g/mol.